The molecule has 0 aliphatic carbocycles. The van der Waals surface area contributed by atoms with Crippen molar-refractivity contribution in [1.82, 2.24) is 14.9 Å². The highest BCUT2D eigenvalue weighted by molar-refractivity contribution is 7.89. The molecule has 0 aromatic carbocycles. The molecule has 1 saturated heterocycles. The van der Waals surface area contributed by atoms with E-state index in [0.717, 1.165) is 19.3 Å². The van der Waals surface area contributed by atoms with Gasteiger partial charge >= 0.3 is 12.0 Å². The Labute approximate surface area is 142 Å². The van der Waals surface area contributed by atoms with Crippen LogP contribution in [0.25, 0.3) is 0 Å². The number of aliphatic carboxylic acids is 1. The van der Waals surface area contributed by atoms with Crippen LogP contribution in [0.2, 0.25) is 0 Å². The summed E-state index contributed by atoms with van der Waals surface area (Å²) in [5, 5.41) is 11.3. The van der Waals surface area contributed by atoms with Gasteiger partial charge < -0.3 is 20.1 Å². The van der Waals surface area contributed by atoms with Gasteiger partial charge in [-0.15, -0.1) is 0 Å². The fraction of sp³-hybridized carbons (Fsp3) is 0.857. The van der Waals surface area contributed by atoms with Crippen molar-refractivity contribution in [3.05, 3.63) is 0 Å². The monoisotopic (exact) mass is 365 g/mol. The van der Waals surface area contributed by atoms with Gasteiger partial charge in [0.15, 0.2) is 0 Å². The Morgan fingerprint density at radius 2 is 2.08 bits per heavy atom. The van der Waals surface area contributed by atoms with E-state index < -0.39 is 27.9 Å². The highest BCUT2D eigenvalue weighted by atomic mass is 32.2. The van der Waals surface area contributed by atoms with Gasteiger partial charge in [0, 0.05) is 33.3 Å². The second-order valence-electron chi connectivity index (χ2n) is 6.01. The third-order valence-electron chi connectivity index (χ3n) is 3.77. The minimum absolute atomic E-state index is 0.0468. The number of nitrogens with zero attached hydrogens (tertiary/aromatic N) is 1. The van der Waals surface area contributed by atoms with Crippen LogP contribution >= 0.6 is 0 Å². The van der Waals surface area contributed by atoms with Gasteiger partial charge in [0.05, 0.1) is 17.8 Å². The Morgan fingerprint density at radius 3 is 2.67 bits per heavy atom. The fourth-order valence-corrected chi connectivity index (χ4v) is 3.21. The molecule has 1 fully saturated rings. The maximum Gasteiger partial charge on any atom is 0.317 e. The molecule has 0 radical (unpaired) electrons. The summed E-state index contributed by atoms with van der Waals surface area (Å²) in [6.07, 6.45) is 2.78. The number of carbonyl (C=O) groups is 2. The number of carboxylic acids is 1. The van der Waals surface area contributed by atoms with E-state index >= 15 is 0 Å². The molecule has 2 atom stereocenters. The smallest absolute Gasteiger partial charge is 0.317 e. The number of urea groups is 1. The first kappa shape index (κ1) is 20.7. The number of sulfonamides is 1. The van der Waals surface area contributed by atoms with Crippen molar-refractivity contribution in [3.8, 4) is 0 Å². The Bertz CT molecular complexity index is 519. The summed E-state index contributed by atoms with van der Waals surface area (Å²) in [4.78, 5) is 23.7. The van der Waals surface area contributed by atoms with Crippen LogP contribution in [0, 0.1) is 5.92 Å². The van der Waals surface area contributed by atoms with Crippen LogP contribution in [0.3, 0.4) is 0 Å². The highest BCUT2D eigenvalue weighted by Crippen LogP contribution is 2.11. The Morgan fingerprint density at radius 1 is 1.38 bits per heavy atom. The lowest BCUT2D eigenvalue weighted by Gasteiger charge is -2.23. The number of carbonyl (C=O) groups excluding carboxylic acids is 1. The van der Waals surface area contributed by atoms with Gasteiger partial charge in [-0.05, 0) is 19.3 Å². The van der Waals surface area contributed by atoms with Crippen LogP contribution in [0.15, 0.2) is 0 Å². The largest absolute Gasteiger partial charge is 0.481 e. The van der Waals surface area contributed by atoms with Crippen molar-refractivity contribution < 1.29 is 27.9 Å². The predicted octanol–water partition coefficient (Wildman–Crippen LogP) is -0.163. The molecule has 0 aromatic heterocycles. The molecule has 0 spiro atoms. The molecule has 0 aromatic rings. The second kappa shape index (κ2) is 9.80. The Balaban J connectivity index is 2.26. The van der Waals surface area contributed by atoms with E-state index in [1.165, 1.54) is 18.9 Å². The molecule has 0 saturated carbocycles. The number of hydrogen-bond acceptors (Lipinski definition) is 5. The molecule has 1 aliphatic heterocycles. The normalized spacial score (nSPS) is 19.5. The van der Waals surface area contributed by atoms with Crippen molar-refractivity contribution in [1.29, 1.82) is 0 Å². The summed E-state index contributed by atoms with van der Waals surface area (Å²) in [6, 6.07) is -0.506. The third-order valence-corrected chi connectivity index (χ3v) is 5.12. The molecule has 1 rings (SSSR count). The van der Waals surface area contributed by atoms with E-state index in [1.54, 1.807) is 0 Å². The number of carboxylic acid groups (broad SMARTS) is 1. The van der Waals surface area contributed by atoms with Gasteiger partial charge in [-0.3, -0.25) is 4.79 Å². The quantitative estimate of drug-likeness (QED) is 0.521. The SMILES string of the molecule is CC(CN(C)C(=O)NCCS(=O)(=O)NCC1CCCCO1)C(=O)O. The average molecular weight is 365 g/mol. The fourth-order valence-electron chi connectivity index (χ4n) is 2.26. The van der Waals surface area contributed by atoms with Crippen molar-refractivity contribution >= 4 is 22.0 Å². The summed E-state index contributed by atoms with van der Waals surface area (Å²) < 4.78 is 31.7. The molecule has 2 unspecified atom stereocenters. The maximum absolute atomic E-state index is 11.9. The lowest BCUT2D eigenvalue weighted by atomic mass is 10.1. The van der Waals surface area contributed by atoms with E-state index in [2.05, 4.69) is 10.0 Å². The first-order chi connectivity index (χ1) is 11.2. The minimum Gasteiger partial charge on any atom is -0.481 e. The van der Waals surface area contributed by atoms with Crippen LogP contribution in [0.5, 0.6) is 0 Å². The van der Waals surface area contributed by atoms with Gasteiger partial charge in [0.1, 0.15) is 0 Å². The van der Waals surface area contributed by atoms with E-state index in [9.17, 15) is 18.0 Å². The standard InChI is InChI=1S/C14H27N3O6S/c1-11(13(18)19)10-17(2)14(20)15-6-8-24(21,22)16-9-12-5-3-4-7-23-12/h11-12,16H,3-10H2,1-2H3,(H,15,20)(H,18,19). The van der Waals surface area contributed by atoms with Gasteiger partial charge in [0.2, 0.25) is 10.0 Å². The zero-order chi connectivity index (χ0) is 18.2. The topological polar surface area (TPSA) is 125 Å². The van der Waals surface area contributed by atoms with Gasteiger partial charge in [0.25, 0.3) is 0 Å². The summed E-state index contributed by atoms with van der Waals surface area (Å²) in [5.74, 6) is -1.93. The van der Waals surface area contributed by atoms with E-state index in [1.807, 2.05) is 0 Å². The van der Waals surface area contributed by atoms with Crippen LogP contribution in [-0.4, -0.2) is 75.6 Å². The molecule has 1 heterocycles. The van der Waals surface area contributed by atoms with Gasteiger partial charge in [-0.25, -0.2) is 17.9 Å². The van der Waals surface area contributed by atoms with E-state index in [0.29, 0.717) is 6.61 Å². The first-order valence-corrected chi connectivity index (χ1v) is 9.67. The van der Waals surface area contributed by atoms with Crippen LogP contribution in [0.4, 0.5) is 4.79 Å². The molecule has 3 N–H and O–H groups in total. The average Bonchev–Trinajstić information content (AvgIpc) is 2.53. The molecule has 0 bridgehead atoms. The summed E-state index contributed by atoms with van der Waals surface area (Å²) in [5.41, 5.74) is 0. The maximum atomic E-state index is 11.9. The van der Waals surface area contributed by atoms with E-state index in [4.69, 9.17) is 9.84 Å². The number of rotatable bonds is 9. The highest BCUT2D eigenvalue weighted by Gasteiger charge is 2.19. The summed E-state index contributed by atoms with van der Waals surface area (Å²) in [7, 11) is -2.04. The number of amides is 2. The first-order valence-electron chi connectivity index (χ1n) is 8.02. The van der Waals surface area contributed by atoms with Crippen LogP contribution in [0.1, 0.15) is 26.2 Å². The molecule has 10 heteroatoms. The second-order valence-corrected chi connectivity index (χ2v) is 7.93. The molecule has 2 amide bonds. The van der Waals surface area contributed by atoms with E-state index in [-0.39, 0.29) is 31.5 Å². The molecule has 24 heavy (non-hydrogen) atoms. The van der Waals surface area contributed by atoms with Crippen molar-refractivity contribution in [2.45, 2.75) is 32.3 Å². The Hall–Kier alpha value is -1.39. The van der Waals surface area contributed by atoms with Crippen molar-refractivity contribution in [2.75, 3.05) is 39.0 Å². The molecular formula is C14H27N3O6S. The van der Waals surface area contributed by atoms with Crippen molar-refractivity contribution in [2.24, 2.45) is 5.92 Å². The lowest BCUT2D eigenvalue weighted by Crippen LogP contribution is -2.44. The predicted molar refractivity (Wildman–Crippen MR) is 88.2 cm³/mol. The Kier molecular flexibility index (Phi) is 8.43. The number of ether oxygens (including phenoxy) is 1. The molecule has 9 nitrogen and oxygen atoms in total. The number of hydrogen-bond donors (Lipinski definition) is 3. The van der Waals surface area contributed by atoms with Crippen LogP contribution < -0.4 is 10.0 Å². The van der Waals surface area contributed by atoms with Crippen LogP contribution in [-0.2, 0) is 19.6 Å². The lowest BCUT2D eigenvalue weighted by molar-refractivity contribution is -0.141. The zero-order valence-electron chi connectivity index (χ0n) is 14.2. The molecule has 140 valence electrons. The van der Waals surface area contributed by atoms with Gasteiger partial charge in [-0.1, -0.05) is 6.92 Å². The minimum atomic E-state index is -3.50. The molecular weight excluding hydrogens is 338 g/mol. The number of nitrogens with one attached hydrogen (secondary N) is 2. The molecule has 1 aliphatic rings. The summed E-state index contributed by atoms with van der Waals surface area (Å²) >= 11 is 0. The third kappa shape index (κ3) is 7.93. The van der Waals surface area contributed by atoms with Crippen molar-refractivity contribution in [3.63, 3.8) is 0 Å². The van der Waals surface area contributed by atoms with Gasteiger partial charge in [-0.2, -0.15) is 0 Å². The summed E-state index contributed by atoms with van der Waals surface area (Å²) in [6.45, 7) is 2.39. The zero-order valence-corrected chi connectivity index (χ0v) is 15.0.